The average molecular weight is 760 g/mol. The first-order valence-electron chi connectivity index (χ1n) is 19.7. The Hall–Kier alpha value is -4.85. The Morgan fingerprint density at radius 2 is 1.51 bits per heavy atom. The average Bonchev–Trinajstić information content (AvgIpc) is 3.69. The van der Waals surface area contributed by atoms with Crippen LogP contribution in [0.1, 0.15) is 124 Å². The van der Waals surface area contributed by atoms with Crippen LogP contribution >= 0.6 is 11.6 Å². The second kappa shape index (κ2) is 15.4. The van der Waals surface area contributed by atoms with E-state index in [9.17, 15) is 24.0 Å². The zero-order valence-corrected chi connectivity index (χ0v) is 31.9. The van der Waals surface area contributed by atoms with E-state index in [1.54, 1.807) is 6.07 Å². The van der Waals surface area contributed by atoms with Crippen LogP contribution in [0, 0.1) is 12.5 Å². The summed E-state index contributed by atoms with van der Waals surface area (Å²) < 4.78 is 0. The van der Waals surface area contributed by atoms with Gasteiger partial charge in [-0.15, -0.1) is 0 Å². The number of fused-ring (bicyclic) bond motifs is 2. The summed E-state index contributed by atoms with van der Waals surface area (Å²) in [5.41, 5.74) is 6.33. The van der Waals surface area contributed by atoms with Crippen LogP contribution in [0.4, 0.5) is 11.4 Å². The number of carbonyl (C=O) groups excluding carboxylic acids is 5. The minimum atomic E-state index is -0.844. The largest absolute Gasteiger partial charge is 0.372 e. The normalized spacial score (nSPS) is 25.4. The van der Waals surface area contributed by atoms with Crippen molar-refractivity contribution in [3.8, 4) is 0 Å². The van der Waals surface area contributed by atoms with E-state index in [1.165, 1.54) is 5.56 Å². The molecule has 5 aliphatic rings. The van der Waals surface area contributed by atoms with Crippen LogP contribution in [0.3, 0.4) is 0 Å². The molecule has 3 aromatic rings. The lowest BCUT2D eigenvalue weighted by molar-refractivity contribution is -0.132. The number of anilines is 1. The number of hydrogen-bond acceptors (Lipinski definition) is 7. The molecule has 3 aromatic carbocycles. The Kier molecular flexibility index (Phi) is 10.4. The predicted molar refractivity (Wildman–Crippen MR) is 209 cm³/mol. The number of ketones is 2. The second-order valence-electron chi connectivity index (χ2n) is 16.2. The van der Waals surface area contributed by atoms with E-state index in [1.807, 2.05) is 36.4 Å². The van der Waals surface area contributed by atoms with Crippen molar-refractivity contribution >= 4 is 52.3 Å². The smallest absolute Gasteiger partial charge is 0.262 e. The third kappa shape index (κ3) is 7.44. The number of imide groups is 1. The Labute approximate surface area is 327 Å². The van der Waals surface area contributed by atoms with Crippen LogP contribution in [0.25, 0.3) is 4.85 Å². The maximum atomic E-state index is 13.3. The van der Waals surface area contributed by atoms with Gasteiger partial charge in [-0.25, -0.2) is 4.85 Å². The predicted octanol–water partition coefficient (Wildman–Crippen LogP) is 7.64. The summed E-state index contributed by atoms with van der Waals surface area (Å²) >= 11 is 6.28. The number of benzene rings is 3. The van der Waals surface area contributed by atoms with E-state index >= 15 is 0 Å². The van der Waals surface area contributed by atoms with Crippen molar-refractivity contribution in [1.82, 2.24) is 15.1 Å². The van der Waals surface area contributed by atoms with Crippen LogP contribution in [0.15, 0.2) is 54.6 Å². The summed E-state index contributed by atoms with van der Waals surface area (Å²) in [6.45, 7) is 9.66. The first kappa shape index (κ1) is 37.1. The highest BCUT2D eigenvalue weighted by Gasteiger charge is 2.45. The summed E-state index contributed by atoms with van der Waals surface area (Å²) in [5, 5.41) is 3.74. The Bertz CT molecular complexity index is 2050. The van der Waals surface area contributed by atoms with Gasteiger partial charge in [-0.3, -0.25) is 33.8 Å². The minimum Gasteiger partial charge on any atom is -0.372 e. The lowest BCUT2D eigenvalue weighted by Gasteiger charge is -2.36. The summed E-state index contributed by atoms with van der Waals surface area (Å²) in [6, 6.07) is 17.1. The molecule has 55 heavy (non-hydrogen) atoms. The van der Waals surface area contributed by atoms with Gasteiger partial charge in [-0.2, -0.15) is 0 Å². The number of nitrogens with one attached hydrogen (secondary N) is 1. The molecule has 1 N–H and O–H groups in total. The van der Waals surface area contributed by atoms with Gasteiger partial charge < -0.3 is 10.2 Å². The highest BCUT2D eigenvalue weighted by atomic mass is 35.5. The lowest BCUT2D eigenvalue weighted by Crippen LogP contribution is -2.47. The summed E-state index contributed by atoms with van der Waals surface area (Å²) in [5.74, 6) is -0.296. The number of amides is 3. The number of Topliss-reactive ketones (excluding diaryl/α,β-unsaturated/α-hetero) is 2. The number of halogens is 1. The highest BCUT2D eigenvalue weighted by molar-refractivity contribution is 6.33. The molecular weight excluding hydrogens is 714 g/mol. The molecule has 0 saturated heterocycles. The summed E-state index contributed by atoms with van der Waals surface area (Å²) in [6.07, 6.45) is 8.42. The lowest BCUT2D eigenvalue weighted by atomic mass is 9.78. The van der Waals surface area contributed by atoms with Gasteiger partial charge in [0.2, 0.25) is 5.69 Å². The van der Waals surface area contributed by atoms with Gasteiger partial charge in [-0.1, -0.05) is 29.8 Å². The van der Waals surface area contributed by atoms with Gasteiger partial charge in [0.15, 0.2) is 5.78 Å². The SMILES string of the molecule is [C-]#[N+]c1ccc(N(C)C2CCC(NC(=O)c3ccc(C4CCC(CN5Cc6cc7c(cc6C5)C(=O)N(C5CCC(=O)CC5=O)C7=O)CC4)cc3)CC2)cc1Cl. The van der Waals surface area contributed by atoms with Crippen LogP contribution < -0.4 is 10.2 Å². The third-order valence-electron chi connectivity index (χ3n) is 12.8. The van der Waals surface area contributed by atoms with Gasteiger partial charge in [0, 0.05) is 61.5 Å². The molecule has 2 aliphatic heterocycles. The molecule has 10 nitrogen and oxygen atoms in total. The number of nitrogens with zero attached hydrogens (tertiary/aromatic N) is 4. The summed E-state index contributed by atoms with van der Waals surface area (Å²) in [7, 11) is 2.07. The summed E-state index contributed by atoms with van der Waals surface area (Å²) in [4.78, 5) is 73.3. The van der Waals surface area contributed by atoms with Gasteiger partial charge in [0.05, 0.1) is 30.2 Å². The minimum absolute atomic E-state index is 0.0199. The molecule has 3 amide bonds. The van der Waals surface area contributed by atoms with E-state index in [0.29, 0.717) is 45.3 Å². The molecule has 11 heteroatoms. The molecule has 3 aliphatic carbocycles. The first-order chi connectivity index (χ1) is 26.6. The Balaban J connectivity index is 0.784. The van der Waals surface area contributed by atoms with Crippen molar-refractivity contribution in [1.29, 1.82) is 0 Å². The third-order valence-corrected chi connectivity index (χ3v) is 13.1. The van der Waals surface area contributed by atoms with Crippen LogP contribution in [0.2, 0.25) is 5.02 Å². The molecule has 8 rings (SSSR count). The molecule has 2 heterocycles. The fourth-order valence-corrected chi connectivity index (χ4v) is 9.83. The van der Waals surface area contributed by atoms with Gasteiger partial charge >= 0.3 is 0 Å². The molecule has 0 spiro atoms. The standard InChI is InChI=1S/C44H46ClN5O5/c1-46-39-17-15-34(21-38(39)45)48(2)33-13-11-32(12-14-33)47-42(53)29-9-7-28(8-10-29)27-5-3-26(4-6-27)23-49-24-30-19-36-37(20-31(30)25-49)44(55)50(43(36)54)40-18-16-35(51)22-41(40)52/h7-10,15,17,19-21,26-27,32-33,40H,3-6,11-14,16,18,22-25H2,2H3,(H,47,53). The molecule has 3 fully saturated rings. The molecule has 1 atom stereocenters. The molecule has 284 valence electrons. The number of rotatable bonds is 8. The fourth-order valence-electron chi connectivity index (χ4n) is 9.61. The molecule has 0 radical (unpaired) electrons. The number of carbonyl (C=O) groups is 5. The maximum absolute atomic E-state index is 13.3. The van der Waals surface area contributed by atoms with Gasteiger partial charge in [0.25, 0.3) is 17.7 Å². The van der Waals surface area contributed by atoms with E-state index in [4.69, 9.17) is 18.2 Å². The van der Waals surface area contributed by atoms with Gasteiger partial charge in [-0.05, 0) is 123 Å². The Morgan fingerprint density at radius 3 is 2.11 bits per heavy atom. The molecule has 0 bridgehead atoms. The quantitative estimate of drug-likeness (QED) is 0.143. The zero-order valence-electron chi connectivity index (χ0n) is 31.2. The number of hydrogen-bond donors (Lipinski definition) is 1. The van der Waals surface area contributed by atoms with Crippen molar-refractivity contribution in [3.05, 3.63) is 104 Å². The van der Waals surface area contributed by atoms with Crippen molar-refractivity contribution in [2.45, 2.75) is 108 Å². The molecule has 1 unspecified atom stereocenters. The molecule has 3 saturated carbocycles. The van der Waals surface area contributed by atoms with E-state index in [2.05, 4.69) is 39.1 Å². The topological polar surface area (TPSA) is 111 Å². The van der Waals surface area contributed by atoms with Crippen LogP contribution in [0.5, 0.6) is 0 Å². The Morgan fingerprint density at radius 1 is 0.855 bits per heavy atom. The van der Waals surface area contributed by atoms with Crippen LogP contribution in [-0.2, 0) is 22.7 Å². The van der Waals surface area contributed by atoms with E-state index in [0.717, 1.165) is 92.7 Å². The molecular formula is C44H46ClN5O5. The molecule has 0 aromatic heterocycles. The van der Waals surface area contributed by atoms with E-state index in [-0.39, 0.29) is 42.8 Å². The van der Waals surface area contributed by atoms with Crippen LogP contribution in [-0.4, -0.2) is 70.8 Å². The fraction of sp³-hybridized carbons (Fsp3) is 0.455. The second-order valence-corrected chi connectivity index (χ2v) is 16.6. The van der Waals surface area contributed by atoms with Crippen molar-refractivity contribution in [3.63, 3.8) is 0 Å². The first-order valence-corrected chi connectivity index (χ1v) is 20.0. The maximum Gasteiger partial charge on any atom is 0.262 e. The van der Waals surface area contributed by atoms with Crippen molar-refractivity contribution < 1.29 is 24.0 Å². The zero-order chi connectivity index (χ0) is 38.4. The monoisotopic (exact) mass is 759 g/mol. The van der Waals surface area contributed by atoms with Crippen molar-refractivity contribution in [2.24, 2.45) is 5.92 Å². The van der Waals surface area contributed by atoms with Crippen molar-refractivity contribution in [2.75, 3.05) is 18.5 Å². The van der Waals surface area contributed by atoms with E-state index < -0.39 is 17.9 Å². The highest BCUT2D eigenvalue weighted by Crippen LogP contribution is 2.39. The van der Waals surface area contributed by atoms with Gasteiger partial charge in [0.1, 0.15) is 5.78 Å².